The molecule has 1 saturated carbocycles. The van der Waals surface area contributed by atoms with Crippen LogP contribution in [0.3, 0.4) is 0 Å². The van der Waals surface area contributed by atoms with E-state index in [0.717, 1.165) is 24.0 Å². The van der Waals surface area contributed by atoms with Crippen molar-refractivity contribution in [2.45, 2.75) is 31.1 Å². The molecule has 0 spiro atoms. The van der Waals surface area contributed by atoms with Crippen molar-refractivity contribution < 1.29 is 19.1 Å². The fraction of sp³-hybridized carbons (Fsp3) is 0.300. The minimum atomic E-state index is -0.962. The fourth-order valence-corrected chi connectivity index (χ4v) is 2.96. The number of carbonyl (C=O) groups excluding carboxylic acids is 1. The van der Waals surface area contributed by atoms with E-state index in [9.17, 15) is 14.0 Å². The van der Waals surface area contributed by atoms with Crippen molar-refractivity contribution in [3.8, 4) is 0 Å². The molecule has 0 bridgehead atoms. The molecule has 1 fully saturated rings. The predicted octanol–water partition coefficient (Wildman–Crippen LogP) is 3.30. The Morgan fingerprint density at radius 3 is 2.44 bits per heavy atom. The molecule has 1 amide bonds. The molecule has 130 valence electrons. The number of carboxylic acid groups (broad SMARTS) is 1. The van der Waals surface area contributed by atoms with E-state index in [2.05, 4.69) is 5.32 Å². The summed E-state index contributed by atoms with van der Waals surface area (Å²) in [6.45, 7) is 0.521. The monoisotopic (exact) mass is 341 g/mol. The smallest absolute Gasteiger partial charge is 0.335 e. The average Bonchev–Trinajstić information content (AvgIpc) is 3.40. The second kappa shape index (κ2) is 7.05. The van der Waals surface area contributed by atoms with E-state index < -0.39 is 5.97 Å². The summed E-state index contributed by atoms with van der Waals surface area (Å²) < 4.78 is 13.4. The first-order valence-electron chi connectivity index (χ1n) is 8.33. The van der Waals surface area contributed by atoms with Crippen LogP contribution in [0.25, 0.3) is 0 Å². The Morgan fingerprint density at radius 2 is 1.84 bits per heavy atom. The molecule has 25 heavy (non-hydrogen) atoms. The Kier molecular flexibility index (Phi) is 4.83. The third-order valence-electron chi connectivity index (χ3n) is 4.76. The van der Waals surface area contributed by atoms with E-state index in [-0.39, 0.29) is 22.7 Å². The van der Waals surface area contributed by atoms with Gasteiger partial charge in [0.25, 0.3) is 0 Å². The third-order valence-corrected chi connectivity index (χ3v) is 4.76. The standard InChI is InChI=1S/C20H20FNO3/c21-17-3-1-2-16(12-17)20(10-11-20)13-22-18(23)9-6-14-4-7-15(8-5-14)19(24)25/h1-5,7-8,12H,6,9-11,13H2,(H,22,23)(H,24,25). The molecule has 0 heterocycles. The SMILES string of the molecule is O=C(CCc1ccc(C(=O)O)cc1)NCC1(c2cccc(F)c2)CC1. The van der Waals surface area contributed by atoms with Crippen molar-refractivity contribution in [2.75, 3.05) is 6.54 Å². The molecule has 0 aromatic heterocycles. The van der Waals surface area contributed by atoms with Crippen LogP contribution in [0.5, 0.6) is 0 Å². The number of aromatic carboxylic acids is 1. The quantitative estimate of drug-likeness (QED) is 0.812. The molecule has 2 aromatic carbocycles. The first-order chi connectivity index (χ1) is 12.0. The third kappa shape index (κ3) is 4.24. The molecule has 2 aromatic rings. The molecule has 0 aliphatic heterocycles. The number of nitrogens with one attached hydrogen (secondary N) is 1. The lowest BCUT2D eigenvalue weighted by atomic mass is 9.95. The molecule has 0 atom stereocenters. The number of halogens is 1. The van der Waals surface area contributed by atoms with Crippen molar-refractivity contribution in [3.63, 3.8) is 0 Å². The molecule has 5 heteroatoms. The van der Waals surface area contributed by atoms with Gasteiger partial charge in [-0.15, -0.1) is 0 Å². The lowest BCUT2D eigenvalue weighted by molar-refractivity contribution is -0.121. The van der Waals surface area contributed by atoms with Crippen LogP contribution in [0.15, 0.2) is 48.5 Å². The average molecular weight is 341 g/mol. The zero-order valence-electron chi connectivity index (χ0n) is 13.8. The van der Waals surface area contributed by atoms with Gasteiger partial charge >= 0.3 is 5.97 Å². The van der Waals surface area contributed by atoms with Crippen molar-refractivity contribution in [1.29, 1.82) is 0 Å². The van der Waals surface area contributed by atoms with Crippen LogP contribution in [-0.2, 0) is 16.6 Å². The highest BCUT2D eigenvalue weighted by molar-refractivity contribution is 5.87. The number of benzene rings is 2. The lowest BCUT2D eigenvalue weighted by Gasteiger charge is -2.16. The fourth-order valence-electron chi connectivity index (χ4n) is 2.96. The number of hydrogen-bond donors (Lipinski definition) is 2. The predicted molar refractivity (Wildman–Crippen MR) is 92.0 cm³/mol. The first kappa shape index (κ1) is 17.1. The molecule has 2 N–H and O–H groups in total. The van der Waals surface area contributed by atoms with Gasteiger partial charge in [0, 0.05) is 18.4 Å². The summed E-state index contributed by atoms with van der Waals surface area (Å²) in [4.78, 5) is 22.9. The van der Waals surface area contributed by atoms with Crippen LogP contribution in [0, 0.1) is 5.82 Å². The highest BCUT2D eigenvalue weighted by Crippen LogP contribution is 2.47. The summed E-state index contributed by atoms with van der Waals surface area (Å²) in [6, 6.07) is 13.1. The minimum Gasteiger partial charge on any atom is -0.478 e. The molecule has 1 aliphatic rings. The van der Waals surface area contributed by atoms with E-state index in [0.29, 0.717) is 19.4 Å². The molecule has 0 radical (unpaired) electrons. The maximum Gasteiger partial charge on any atom is 0.335 e. The van der Waals surface area contributed by atoms with Gasteiger partial charge in [-0.1, -0.05) is 24.3 Å². The van der Waals surface area contributed by atoms with Crippen LogP contribution >= 0.6 is 0 Å². The van der Waals surface area contributed by atoms with Crippen molar-refractivity contribution in [1.82, 2.24) is 5.32 Å². The number of amides is 1. The van der Waals surface area contributed by atoms with Crippen LogP contribution in [0.1, 0.15) is 40.7 Å². The topological polar surface area (TPSA) is 66.4 Å². The van der Waals surface area contributed by atoms with E-state index >= 15 is 0 Å². The largest absolute Gasteiger partial charge is 0.478 e. The van der Waals surface area contributed by atoms with Gasteiger partial charge in [0.1, 0.15) is 5.82 Å². The van der Waals surface area contributed by atoms with E-state index in [1.54, 1.807) is 36.4 Å². The summed E-state index contributed by atoms with van der Waals surface area (Å²) in [5.74, 6) is -1.26. The molecule has 0 unspecified atom stereocenters. The van der Waals surface area contributed by atoms with Crippen LogP contribution in [0.2, 0.25) is 0 Å². The van der Waals surface area contributed by atoms with Crippen molar-refractivity contribution in [3.05, 3.63) is 71.0 Å². The second-order valence-corrected chi connectivity index (χ2v) is 6.57. The second-order valence-electron chi connectivity index (χ2n) is 6.57. The molecule has 4 nitrogen and oxygen atoms in total. The van der Waals surface area contributed by atoms with Gasteiger partial charge in [-0.2, -0.15) is 0 Å². The van der Waals surface area contributed by atoms with Crippen LogP contribution in [-0.4, -0.2) is 23.5 Å². The Bertz CT molecular complexity index is 782. The molecular formula is C20H20FNO3. The normalized spacial score (nSPS) is 14.8. The molecular weight excluding hydrogens is 321 g/mol. The summed E-state index contributed by atoms with van der Waals surface area (Å²) >= 11 is 0. The lowest BCUT2D eigenvalue weighted by Crippen LogP contribution is -2.32. The molecule has 3 rings (SSSR count). The molecule has 0 saturated heterocycles. The van der Waals surface area contributed by atoms with Gasteiger partial charge in [-0.05, 0) is 54.7 Å². The zero-order valence-corrected chi connectivity index (χ0v) is 13.8. The maximum atomic E-state index is 13.4. The summed E-state index contributed by atoms with van der Waals surface area (Å²) in [7, 11) is 0. The van der Waals surface area contributed by atoms with E-state index in [4.69, 9.17) is 5.11 Å². The number of rotatable bonds is 7. The number of aryl methyl sites for hydroxylation is 1. The Balaban J connectivity index is 1.49. The Hall–Kier alpha value is -2.69. The van der Waals surface area contributed by atoms with Gasteiger partial charge < -0.3 is 10.4 Å². The minimum absolute atomic E-state index is 0.0509. The number of hydrogen-bond acceptors (Lipinski definition) is 2. The summed E-state index contributed by atoms with van der Waals surface area (Å²) in [5, 5.41) is 11.8. The Morgan fingerprint density at radius 1 is 1.12 bits per heavy atom. The van der Waals surface area contributed by atoms with Gasteiger partial charge in [-0.3, -0.25) is 4.79 Å². The number of carbonyl (C=O) groups is 2. The van der Waals surface area contributed by atoms with E-state index in [1.807, 2.05) is 6.07 Å². The van der Waals surface area contributed by atoms with Gasteiger partial charge in [0.15, 0.2) is 0 Å². The highest BCUT2D eigenvalue weighted by atomic mass is 19.1. The highest BCUT2D eigenvalue weighted by Gasteiger charge is 2.44. The van der Waals surface area contributed by atoms with Crippen molar-refractivity contribution in [2.24, 2.45) is 0 Å². The first-order valence-corrected chi connectivity index (χ1v) is 8.33. The van der Waals surface area contributed by atoms with Crippen LogP contribution < -0.4 is 5.32 Å². The Labute approximate surface area is 145 Å². The molecule has 1 aliphatic carbocycles. The zero-order chi connectivity index (χ0) is 17.9. The van der Waals surface area contributed by atoms with Gasteiger partial charge in [0.05, 0.1) is 5.56 Å². The van der Waals surface area contributed by atoms with Crippen molar-refractivity contribution >= 4 is 11.9 Å². The summed E-state index contributed by atoms with van der Waals surface area (Å²) in [5.41, 5.74) is 1.98. The summed E-state index contributed by atoms with van der Waals surface area (Å²) in [6.07, 6.45) is 2.80. The maximum absolute atomic E-state index is 13.4. The van der Waals surface area contributed by atoms with Crippen LogP contribution in [0.4, 0.5) is 4.39 Å². The number of carboxylic acids is 1. The van der Waals surface area contributed by atoms with Gasteiger partial charge in [-0.25, -0.2) is 9.18 Å². The van der Waals surface area contributed by atoms with E-state index in [1.165, 1.54) is 6.07 Å². The van der Waals surface area contributed by atoms with Gasteiger partial charge in [0.2, 0.25) is 5.91 Å².